The second-order valence-corrected chi connectivity index (χ2v) is 4.61. The summed E-state index contributed by atoms with van der Waals surface area (Å²) in [5.41, 5.74) is 4.70. The highest BCUT2D eigenvalue weighted by Crippen LogP contribution is 2.23. The lowest BCUT2D eigenvalue weighted by Crippen LogP contribution is -2.14. The molecule has 6 heteroatoms. The number of nitrogens with zero attached hydrogens (tertiary/aromatic N) is 2. The van der Waals surface area contributed by atoms with Crippen molar-refractivity contribution < 1.29 is 4.74 Å². The number of rotatable bonds is 7. The van der Waals surface area contributed by atoms with Gasteiger partial charge in [0, 0.05) is 17.7 Å². The molecule has 0 aliphatic rings. The largest absolute Gasteiger partial charge is 0.496 e. The number of nitrogen functional groups attached to an aromatic ring is 1. The van der Waals surface area contributed by atoms with Crippen LogP contribution in [-0.2, 0) is 13.0 Å². The van der Waals surface area contributed by atoms with Gasteiger partial charge in [0.1, 0.15) is 23.7 Å². The van der Waals surface area contributed by atoms with Crippen LogP contribution in [0.3, 0.4) is 0 Å². The molecular formula is C15H21N5O. The number of nitrogens with two attached hydrogens (primary N) is 1. The van der Waals surface area contributed by atoms with E-state index >= 15 is 0 Å². The van der Waals surface area contributed by atoms with Gasteiger partial charge in [0.2, 0.25) is 0 Å². The summed E-state index contributed by atoms with van der Waals surface area (Å²) in [6.45, 7) is 2.74. The topological polar surface area (TPSA) is 85.1 Å². The van der Waals surface area contributed by atoms with Crippen LogP contribution in [0.4, 0.5) is 11.6 Å². The summed E-state index contributed by atoms with van der Waals surface area (Å²) >= 11 is 0. The molecule has 0 bridgehead atoms. The van der Waals surface area contributed by atoms with Crippen LogP contribution in [0.25, 0.3) is 0 Å². The van der Waals surface area contributed by atoms with Crippen molar-refractivity contribution in [3.63, 3.8) is 0 Å². The molecule has 1 aromatic heterocycles. The van der Waals surface area contributed by atoms with Crippen LogP contribution in [0.15, 0.2) is 30.6 Å². The van der Waals surface area contributed by atoms with Gasteiger partial charge in [-0.15, -0.1) is 0 Å². The molecule has 0 unspecified atom stereocenters. The molecule has 0 spiro atoms. The van der Waals surface area contributed by atoms with Gasteiger partial charge in [-0.2, -0.15) is 0 Å². The molecule has 6 nitrogen and oxygen atoms in total. The minimum absolute atomic E-state index is 0.627. The summed E-state index contributed by atoms with van der Waals surface area (Å²) in [7, 11) is 1.67. The normalized spacial score (nSPS) is 10.2. The first-order valence-electron chi connectivity index (χ1n) is 6.96. The maximum Gasteiger partial charge on any atom is 0.148 e. The van der Waals surface area contributed by atoms with E-state index in [1.165, 1.54) is 6.33 Å². The number of para-hydroxylation sites is 1. The Bertz CT molecular complexity index is 588. The number of nitrogens with one attached hydrogen (secondary N) is 2. The molecule has 0 aliphatic carbocycles. The second-order valence-electron chi connectivity index (χ2n) is 4.61. The van der Waals surface area contributed by atoms with Gasteiger partial charge in [0.05, 0.1) is 7.11 Å². The Hall–Kier alpha value is -2.34. The maximum absolute atomic E-state index is 5.51. The van der Waals surface area contributed by atoms with E-state index in [0.717, 1.165) is 35.5 Å². The van der Waals surface area contributed by atoms with Crippen LogP contribution in [-0.4, -0.2) is 17.1 Å². The number of methoxy groups -OCH3 is 1. The number of anilines is 2. The summed E-state index contributed by atoms with van der Waals surface area (Å²) in [5.74, 6) is 7.83. The molecule has 4 N–H and O–H groups in total. The van der Waals surface area contributed by atoms with Gasteiger partial charge in [-0.05, 0) is 12.5 Å². The third-order valence-corrected chi connectivity index (χ3v) is 3.22. The van der Waals surface area contributed by atoms with Crippen molar-refractivity contribution in [2.75, 3.05) is 17.9 Å². The van der Waals surface area contributed by atoms with Gasteiger partial charge < -0.3 is 15.5 Å². The smallest absolute Gasteiger partial charge is 0.148 e. The van der Waals surface area contributed by atoms with Crippen LogP contribution < -0.4 is 21.3 Å². The zero-order valence-corrected chi connectivity index (χ0v) is 12.4. The Balaban J connectivity index is 2.19. The van der Waals surface area contributed by atoms with Gasteiger partial charge in [-0.3, -0.25) is 0 Å². The Morgan fingerprint density at radius 1 is 1.19 bits per heavy atom. The van der Waals surface area contributed by atoms with Crippen molar-refractivity contribution in [1.82, 2.24) is 9.97 Å². The molecule has 0 amide bonds. The molecule has 21 heavy (non-hydrogen) atoms. The molecule has 112 valence electrons. The summed E-state index contributed by atoms with van der Waals surface area (Å²) in [6.07, 6.45) is 3.35. The minimum Gasteiger partial charge on any atom is -0.496 e. The molecule has 0 fully saturated rings. The van der Waals surface area contributed by atoms with E-state index in [0.29, 0.717) is 12.4 Å². The number of hydrogen-bond acceptors (Lipinski definition) is 6. The quantitative estimate of drug-likeness (QED) is 0.535. The third kappa shape index (κ3) is 3.61. The van der Waals surface area contributed by atoms with E-state index in [1.54, 1.807) is 7.11 Å². The number of hydrogen-bond donors (Lipinski definition) is 3. The minimum atomic E-state index is 0.627. The number of benzene rings is 1. The molecule has 2 aromatic rings. The SMILES string of the molecule is CCCc1c(NN)ncnc1NCc1ccccc1OC. The first-order valence-corrected chi connectivity index (χ1v) is 6.96. The van der Waals surface area contributed by atoms with Crippen LogP contribution in [0.1, 0.15) is 24.5 Å². The Morgan fingerprint density at radius 2 is 1.95 bits per heavy atom. The molecule has 0 saturated heterocycles. The average Bonchev–Trinajstić information content (AvgIpc) is 2.54. The maximum atomic E-state index is 5.51. The van der Waals surface area contributed by atoms with Crippen LogP contribution >= 0.6 is 0 Å². The van der Waals surface area contributed by atoms with Crippen LogP contribution in [0.2, 0.25) is 0 Å². The Morgan fingerprint density at radius 3 is 2.67 bits per heavy atom. The fourth-order valence-corrected chi connectivity index (χ4v) is 2.20. The summed E-state index contributed by atoms with van der Waals surface area (Å²) in [6, 6.07) is 7.90. The molecule has 2 rings (SSSR count). The lowest BCUT2D eigenvalue weighted by molar-refractivity contribution is 0.410. The van der Waals surface area contributed by atoms with E-state index in [9.17, 15) is 0 Å². The van der Waals surface area contributed by atoms with Crippen molar-refractivity contribution in [3.05, 3.63) is 41.7 Å². The van der Waals surface area contributed by atoms with E-state index in [1.807, 2.05) is 24.3 Å². The number of aromatic nitrogens is 2. The lowest BCUT2D eigenvalue weighted by atomic mass is 10.1. The molecule has 0 radical (unpaired) electrons. The predicted molar refractivity (Wildman–Crippen MR) is 84.2 cm³/mol. The highest BCUT2D eigenvalue weighted by molar-refractivity contribution is 5.57. The van der Waals surface area contributed by atoms with Crippen molar-refractivity contribution >= 4 is 11.6 Å². The van der Waals surface area contributed by atoms with Crippen LogP contribution in [0.5, 0.6) is 5.75 Å². The predicted octanol–water partition coefficient (Wildman–Crippen LogP) is 2.34. The fourth-order valence-electron chi connectivity index (χ4n) is 2.20. The van der Waals surface area contributed by atoms with Crippen molar-refractivity contribution in [1.29, 1.82) is 0 Å². The monoisotopic (exact) mass is 287 g/mol. The van der Waals surface area contributed by atoms with E-state index in [2.05, 4.69) is 27.6 Å². The zero-order chi connectivity index (χ0) is 15.1. The molecule has 0 saturated carbocycles. The standard InChI is InChI=1S/C15H21N5O/c1-3-6-12-14(18-10-19-15(12)20-16)17-9-11-7-4-5-8-13(11)21-2/h4-5,7-8,10H,3,6,9,16H2,1-2H3,(H2,17,18,19,20). The van der Waals surface area contributed by atoms with Gasteiger partial charge in [0.25, 0.3) is 0 Å². The van der Waals surface area contributed by atoms with Gasteiger partial charge in [0.15, 0.2) is 0 Å². The first-order chi connectivity index (χ1) is 10.3. The zero-order valence-electron chi connectivity index (χ0n) is 12.4. The highest BCUT2D eigenvalue weighted by Gasteiger charge is 2.10. The molecular weight excluding hydrogens is 266 g/mol. The number of hydrazine groups is 1. The van der Waals surface area contributed by atoms with E-state index < -0.39 is 0 Å². The van der Waals surface area contributed by atoms with Gasteiger partial charge >= 0.3 is 0 Å². The van der Waals surface area contributed by atoms with Crippen LogP contribution in [0, 0.1) is 0 Å². The van der Waals surface area contributed by atoms with Gasteiger partial charge in [-0.25, -0.2) is 15.8 Å². The lowest BCUT2D eigenvalue weighted by Gasteiger charge is -2.14. The number of ether oxygens (including phenoxy) is 1. The van der Waals surface area contributed by atoms with Gasteiger partial charge in [-0.1, -0.05) is 31.5 Å². The van der Waals surface area contributed by atoms with E-state index in [4.69, 9.17) is 10.6 Å². The Kier molecular flexibility index (Phi) is 5.34. The fraction of sp³-hybridized carbons (Fsp3) is 0.333. The van der Waals surface area contributed by atoms with Crippen molar-refractivity contribution in [3.8, 4) is 5.75 Å². The molecule has 0 atom stereocenters. The molecule has 0 aliphatic heterocycles. The second kappa shape index (κ2) is 7.44. The average molecular weight is 287 g/mol. The van der Waals surface area contributed by atoms with Crippen molar-refractivity contribution in [2.45, 2.75) is 26.3 Å². The summed E-state index contributed by atoms with van der Waals surface area (Å²) in [4.78, 5) is 8.47. The molecule has 1 heterocycles. The van der Waals surface area contributed by atoms with E-state index in [-0.39, 0.29) is 0 Å². The Labute approximate surface area is 124 Å². The molecule has 1 aromatic carbocycles. The summed E-state index contributed by atoms with van der Waals surface area (Å²) < 4.78 is 5.35. The summed E-state index contributed by atoms with van der Waals surface area (Å²) in [5, 5.41) is 3.34. The third-order valence-electron chi connectivity index (χ3n) is 3.22. The highest BCUT2D eigenvalue weighted by atomic mass is 16.5. The van der Waals surface area contributed by atoms with Crippen molar-refractivity contribution in [2.24, 2.45) is 5.84 Å². The first kappa shape index (κ1) is 15.1.